The highest BCUT2D eigenvalue weighted by Crippen LogP contribution is 2.27. The average Bonchev–Trinajstić information content (AvgIpc) is 2.52. The first-order valence-electron chi connectivity index (χ1n) is 7.72. The molecule has 0 radical (unpaired) electrons. The molecule has 3 heteroatoms. The van der Waals surface area contributed by atoms with Crippen molar-refractivity contribution in [3.8, 4) is 5.75 Å². The minimum absolute atomic E-state index is 0.0859. The molecule has 112 valence electrons. The van der Waals surface area contributed by atoms with E-state index < -0.39 is 0 Å². The highest BCUT2D eigenvalue weighted by atomic mass is 16.5. The first-order valence-corrected chi connectivity index (χ1v) is 7.72. The largest absolute Gasteiger partial charge is 0.438 e. The molecule has 1 atom stereocenters. The maximum atomic E-state index is 12.3. The first-order chi connectivity index (χ1) is 10.2. The Balaban J connectivity index is 2.12. The summed E-state index contributed by atoms with van der Waals surface area (Å²) in [5, 5.41) is 0. The van der Waals surface area contributed by atoms with E-state index in [9.17, 15) is 4.79 Å². The van der Waals surface area contributed by atoms with Gasteiger partial charge >= 0.3 is 0 Å². The van der Waals surface area contributed by atoms with E-state index in [2.05, 4.69) is 25.4 Å². The van der Waals surface area contributed by atoms with Gasteiger partial charge in [0.15, 0.2) is 0 Å². The molecular weight excluding hydrogens is 262 g/mol. The fourth-order valence-corrected chi connectivity index (χ4v) is 2.43. The number of Topliss-reactive ketones (excluding diaryl/α,β-unsaturated/α-hetero) is 1. The number of hydrogen-bond acceptors (Lipinski definition) is 3. The van der Waals surface area contributed by atoms with Crippen molar-refractivity contribution >= 4 is 11.7 Å². The molecule has 1 aliphatic rings. The Morgan fingerprint density at radius 1 is 1.29 bits per heavy atom. The molecule has 2 rings (SSSR count). The summed E-state index contributed by atoms with van der Waals surface area (Å²) >= 11 is 0. The molecule has 0 aliphatic carbocycles. The van der Waals surface area contributed by atoms with E-state index in [0.29, 0.717) is 35.2 Å². The van der Waals surface area contributed by atoms with Crippen molar-refractivity contribution in [2.24, 2.45) is 10.9 Å². The van der Waals surface area contributed by atoms with Gasteiger partial charge in [0.25, 0.3) is 0 Å². The summed E-state index contributed by atoms with van der Waals surface area (Å²) in [6, 6.07) is 7.24. The zero-order valence-corrected chi connectivity index (χ0v) is 12.9. The van der Waals surface area contributed by atoms with Crippen LogP contribution in [-0.4, -0.2) is 18.2 Å². The second-order valence-corrected chi connectivity index (χ2v) is 5.47. The molecule has 1 aliphatic heterocycles. The van der Waals surface area contributed by atoms with Gasteiger partial charge in [-0.1, -0.05) is 51.8 Å². The van der Waals surface area contributed by atoms with Crippen LogP contribution in [0.1, 0.15) is 49.9 Å². The van der Waals surface area contributed by atoms with Crippen molar-refractivity contribution in [1.29, 1.82) is 0 Å². The number of carbonyl (C=O) groups is 1. The zero-order chi connectivity index (χ0) is 15.2. The van der Waals surface area contributed by atoms with Crippen LogP contribution in [0.5, 0.6) is 5.75 Å². The Bertz CT molecular complexity index is 560. The molecule has 1 unspecified atom stereocenters. The Kier molecular flexibility index (Phi) is 5.32. The van der Waals surface area contributed by atoms with Crippen molar-refractivity contribution in [3.05, 3.63) is 42.0 Å². The summed E-state index contributed by atoms with van der Waals surface area (Å²) in [5.74, 6) is 1.42. The molecule has 3 nitrogen and oxygen atoms in total. The number of aliphatic imine (C=N–C) groups is 1. The first kappa shape index (κ1) is 15.5. The van der Waals surface area contributed by atoms with E-state index in [1.807, 2.05) is 12.1 Å². The molecule has 1 heterocycles. The van der Waals surface area contributed by atoms with Crippen LogP contribution in [0.25, 0.3) is 0 Å². The number of ether oxygens (including phenoxy) is 1. The van der Waals surface area contributed by atoms with Crippen LogP contribution in [0, 0.1) is 5.92 Å². The second kappa shape index (κ2) is 7.21. The summed E-state index contributed by atoms with van der Waals surface area (Å²) in [4.78, 5) is 16.8. The Morgan fingerprint density at radius 3 is 2.76 bits per heavy atom. The highest BCUT2D eigenvalue weighted by molar-refractivity contribution is 6.28. The summed E-state index contributed by atoms with van der Waals surface area (Å²) in [7, 11) is 0. The van der Waals surface area contributed by atoms with E-state index in [0.717, 1.165) is 6.42 Å². The zero-order valence-electron chi connectivity index (χ0n) is 12.9. The number of para-hydroxylation sites is 1. The van der Waals surface area contributed by atoms with Crippen LogP contribution in [0.2, 0.25) is 0 Å². The maximum absolute atomic E-state index is 12.3. The summed E-state index contributed by atoms with van der Waals surface area (Å²) in [6.45, 7) is 8.90. The van der Waals surface area contributed by atoms with Crippen molar-refractivity contribution in [2.75, 3.05) is 6.54 Å². The monoisotopic (exact) mass is 285 g/mol. The second-order valence-electron chi connectivity index (χ2n) is 5.47. The Labute approximate surface area is 126 Å². The molecule has 0 bridgehead atoms. The third kappa shape index (κ3) is 3.60. The summed E-state index contributed by atoms with van der Waals surface area (Å²) < 4.78 is 5.74. The third-order valence-corrected chi connectivity index (χ3v) is 3.91. The van der Waals surface area contributed by atoms with Gasteiger partial charge in [0.1, 0.15) is 5.75 Å². The van der Waals surface area contributed by atoms with Gasteiger partial charge in [-0.3, -0.25) is 9.79 Å². The summed E-state index contributed by atoms with van der Waals surface area (Å²) in [6.07, 6.45) is 4.67. The lowest BCUT2D eigenvalue weighted by atomic mass is 9.99. The van der Waals surface area contributed by atoms with Crippen LogP contribution in [0.3, 0.4) is 0 Å². The van der Waals surface area contributed by atoms with Gasteiger partial charge in [-0.25, -0.2) is 0 Å². The Morgan fingerprint density at radius 2 is 2.05 bits per heavy atom. The van der Waals surface area contributed by atoms with Gasteiger partial charge in [-0.2, -0.15) is 0 Å². The molecule has 0 saturated carbocycles. The summed E-state index contributed by atoms with van der Waals surface area (Å²) in [5.41, 5.74) is 0.929. The smallest absolute Gasteiger partial charge is 0.225 e. The van der Waals surface area contributed by atoms with Crippen molar-refractivity contribution in [2.45, 2.75) is 39.5 Å². The predicted octanol–water partition coefficient (Wildman–Crippen LogP) is 4.43. The maximum Gasteiger partial charge on any atom is 0.225 e. The minimum atomic E-state index is -0.0859. The van der Waals surface area contributed by atoms with Crippen LogP contribution < -0.4 is 4.74 Å². The number of nitrogens with zero attached hydrogens (tertiary/aromatic N) is 1. The van der Waals surface area contributed by atoms with E-state index in [-0.39, 0.29) is 5.78 Å². The number of unbranched alkanes of at least 4 members (excludes halogenated alkanes) is 1. The number of fused-ring (bicyclic) bond motifs is 1. The molecule has 1 aromatic rings. The van der Waals surface area contributed by atoms with Gasteiger partial charge in [-0.15, -0.1) is 0 Å². The average molecular weight is 285 g/mol. The molecule has 0 aromatic heterocycles. The van der Waals surface area contributed by atoms with E-state index in [4.69, 9.17) is 4.74 Å². The van der Waals surface area contributed by atoms with Crippen molar-refractivity contribution < 1.29 is 9.53 Å². The van der Waals surface area contributed by atoms with Crippen LogP contribution in [0.15, 0.2) is 41.4 Å². The number of hydrogen-bond donors (Lipinski definition) is 0. The minimum Gasteiger partial charge on any atom is -0.438 e. The highest BCUT2D eigenvalue weighted by Gasteiger charge is 2.27. The topological polar surface area (TPSA) is 38.7 Å². The lowest BCUT2D eigenvalue weighted by Gasteiger charge is -2.20. The van der Waals surface area contributed by atoms with E-state index >= 15 is 0 Å². The number of carbonyl (C=O) groups excluding carboxylic acids is 1. The van der Waals surface area contributed by atoms with Crippen LogP contribution >= 0.6 is 0 Å². The van der Waals surface area contributed by atoms with Gasteiger partial charge in [-0.05, 0) is 24.5 Å². The molecule has 1 aromatic carbocycles. The van der Waals surface area contributed by atoms with Gasteiger partial charge < -0.3 is 4.74 Å². The predicted molar refractivity (Wildman–Crippen MR) is 86.1 cm³/mol. The molecule has 0 amide bonds. The third-order valence-electron chi connectivity index (χ3n) is 3.91. The molecule has 0 N–H and O–H groups in total. The quantitative estimate of drug-likeness (QED) is 0.725. The number of benzene rings is 1. The van der Waals surface area contributed by atoms with E-state index in [1.54, 1.807) is 12.1 Å². The van der Waals surface area contributed by atoms with Crippen LogP contribution in [-0.2, 0) is 0 Å². The standard InChI is InChI=1S/C18H23NO2/c1-4-6-9-14(5-2)12-19-18-13(3)17(20)15-10-7-8-11-16(15)21-18/h7-8,10-11,14H,3-6,9,12H2,1-2H3. The van der Waals surface area contributed by atoms with Gasteiger partial charge in [0.2, 0.25) is 11.7 Å². The fraction of sp³-hybridized carbons (Fsp3) is 0.444. The van der Waals surface area contributed by atoms with Crippen molar-refractivity contribution in [1.82, 2.24) is 0 Å². The van der Waals surface area contributed by atoms with Gasteiger partial charge in [0.05, 0.1) is 11.1 Å². The number of ketones is 1. The fourth-order valence-electron chi connectivity index (χ4n) is 2.43. The van der Waals surface area contributed by atoms with Gasteiger partial charge in [0, 0.05) is 6.54 Å². The SMILES string of the molecule is C=C1C(=O)c2ccccc2OC1=NCC(CC)CCCC. The van der Waals surface area contributed by atoms with E-state index in [1.165, 1.54) is 19.3 Å². The lowest BCUT2D eigenvalue weighted by molar-refractivity contribution is 0.103. The molecule has 0 saturated heterocycles. The van der Waals surface area contributed by atoms with Crippen molar-refractivity contribution in [3.63, 3.8) is 0 Å². The molecule has 0 spiro atoms. The molecular formula is C18H23NO2. The van der Waals surface area contributed by atoms with Crippen LogP contribution in [0.4, 0.5) is 0 Å². The molecule has 21 heavy (non-hydrogen) atoms. The lowest BCUT2D eigenvalue weighted by Crippen LogP contribution is -2.25. The Hall–Kier alpha value is -1.90. The normalized spacial score (nSPS) is 17.5. The number of rotatable bonds is 6. The molecule has 0 fully saturated rings.